The Morgan fingerprint density at radius 2 is 1.91 bits per heavy atom. The number of carbonyl (C=O) groups excluding carboxylic acids is 1. The van der Waals surface area contributed by atoms with Crippen molar-refractivity contribution in [3.8, 4) is 0 Å². The van der Waals surface area contributed by atoms with Crippen LogP contribution < -0.4 is 5.73 Å². The van der Waals surface area contributed by atoms with Gasteiger partial charge >= 0.3 is 5.97 Å². The molecular weight excluding hydrogens is 481 g/mol. The maximum Gasteiger partial charge on any atom is 0.325 e. The summed E-state index contributed by atoms with van der Waals surface area (Å²) in [6.07, 6.45) is 2.20. The Morgan fingerprint density at radius 3 is 2.53 bits per heavy atom. The van der Waals surface area contributed by atoms with Crippen LogP contribution in [0, 0.1) is 17.0 Å². The number of ether oxygens (including phenoxy) is 1. The topological polar surface area (TPSA) is 55.6 Å². The number of allylic oxidation sites excluding steroid dienone is 1. The number of hydrogen-bond acceptors (Lipinski definition) is 4. The van der Waals surface area contributed by atoms with E-state index in [0.29, 0.717) is 6.42 Å². The van der Waals surface area contributed by atoms with Gasteiger partial charge in [-0.25, -0.2) is 13.7 Å². The summed E-state index contributed by atoms with van der Waals surface area (Å²) in [5, 5.41) is 0.0972. The van der Waals surface area contributed by atoms with Crippen molar-refractivity contribution in [3.05, 3.63) is 81.9 Å². The van der Waals surface area contributed by atoms with Crippen LogP contribution in [-0.4, -0.2) is 28.7 Å². The van der Waals surface area contributed by atoms with Crippen LogP contribution in [0.25, 0.3) is 0 Å². The second-order valence-electron chi connectivity index (χ2n) is 10.3. The molecule has 8 heteroatoms. The van der Waals surface area contributed by atoms with Gasteiger partial charge in [0.25, 0.3) is 0 Å². The second-order valence-corrected chi connectivity index (χ2v) is 11.2. The van der Waals surface area contributed by atoms with Gasteiger partial charge in [-0.15, -0.1) is 6.58 Å². The molecule has 2 N–H and O–H groups in total. The molecule has 0 radical (unpaired) electrons. The molecule has 2 aliphatic rings. The number of nitrogens with zero attached hydrogens (tertiary/aromatic N) is 1. The van der Waals surface area contributed by atoms with Gasteiger partial charge in [0, 0.05) is 22.5 Å². The first-order valence-corrected chi connectivity index (χ1v) is 11.8. The molecule has 0 saturated carbocycles. The number of esters is 1. The van der Waals surface area contributed by atoms with Crippen LogP contribution in [-0.2, 0) is 15.1 Å². The van der Waals surface area contributed by atoms with Gasteiger partial charge in [-0.1, -0.05) is 61.3 Å². The fraction of sp³-hybridized carbons (Fsp3) is 0.423. The molecule has 2 fully saturated rings. The molecule has 2 aliphatic heterocycles. The lowest BCUT2D eigenvalue weighted by Crippen LogP contribution is -2.57. The Hall–Kier alpha value is -1.99. The molecule has 4 atom stereocenters. The van der Waals surface area contributed by atoms with Gasteiger partial charge in [0.15, 0.2) is 5.72 Å². The number of cyclic esters (lactones) is 1. The molecule has 0 aromatic heterocycles. The fourth-order valence-electron chi connectivity index (χ4n) is 5.60. The van der Waals surface area contributed by atoms with E-state index in [9.17, 15) is 4.79 Å². The molecule has 2 heterocycles. The van der Waals surface area contributed by atoms with Crippen molar-refractivity contribution < 1.29 is 18.3 Å². The molecule has 4 rings (SSSR count). The first-order chi connectivity index (χ1) is 15.7. The fourth-order valence-corrected chi connectivity index (χ4v) is 5.94. The smallest absolute Gasteiger partial charge is 0.325 e. The number of rotatable bonds is 5. The first-order valence-electron chi connectivity index (χ1n) is 11.1. The highest BCUT2D eigenvalue weighted by Gasteiger charge is 2.69. The number of fused-ring (bicyclic) bond motifs is 1. The van der Waals surface area contributed by atoms with Gasteiger partial charge in [0.2, 0.25) is 0 Å². The number of nitrogens with two attached hydrogens (primary N) is 1. The molecule has 182 valence electrons. The molecule has 4 nitrogen and oxygen atoms in total. The molecule has 34 heavy (non-hydrogen) atoms. The average molecular weight is 509 g/mol. The molecule has 2 aromatic rings. The van der Waals surface area contributed by atoms with E-state index in [1.54, 1.807) is 38.1 Å². The van der Waals surface area contributed by atoms with Crippen molar-refractivity contribution in [2.24, 2.45) is 11.1 Å². The van der Waals surface area contributed by atoms with Gasteiger partial charge < -0.3 is 10.5 Å². The van der Waals surface area contributed by atoms with Gasteiger partial charge in [-0.05, 0) is 49.4 Å². The first kappa shape index (κ1) is 25.1. The number of carbonyl (C=O) groups is 1. The molecule has 0 spiro atoms. The normalized spacial score (nSPS) is 28.6. The molecule has 0 aliphatic carbocycles. The molecular formula is C26H28Cl2F2N2O2. The van der Waals surface area contributed by atoms with E-state index in [1.165, 1.54) is 18.2 Å². The van der Waals surface area contributed by atoms with Gasteiger partial charge in [0.1, 0.15) is 17.7 Å². The molecule has 0 amide bonds. The predicted octanol–water partition coefficient (Wildman–Crippen LogP) is 6.16. The van der Waals surface area contributed by atoms with Crippen molar-refractivity contribution in [1.29, 1.82) is 0 Å². The van der Waals surface area contributed by atoms with Crippen LogP contribution in [0.1, 0.15) is 51.2 Å². The number of halogens is 4. The average Bonchev–Trinajstić information content (AvgIpc) is 3.12. The minimum Gasteiger partial charge on any atom is -0.443 e. The standard InChI is InChI=1S/C26H28Cl2F2N2O2/c1-6-24(2,3)13-19-26(31,16-11-10-14(27)12-18(16)29)20(15-8-7-9-17(28)21(15)30)22-23(33)34-25(4,5)32(19)22/h6-12,19-20,22H,1,13,31H2,2-5H3/t19-,20-,22+,26+/m0/s1. The zero-order valence-corrected chi connectivity index (χ0v) is 21.1. The predicted molar refractivity (Wildman–Crippen MR) is 130 cm³/mol. The minimum absolute atomic E-state index is 0.108. The van der Waals surface area contributed by atoms with Gasteiger partial charge in [0.05, 0.1) is 10.6 Å². The van der Waals surface area contributed by atoms with E-state index < -0.39 is 52.3 Å². The van der Waals surface area contributed by atoms with Crippen molar-refractivity contribution in [1.82, 2.24) is 4.90 Å². The highest BCUT2D eigenvalue weighted by molar-refractivity contribution is 6.31. The van der Waals surface area contributed by atoms with Crippen LogP contribution in [0.2, 0.25) is 10.0 Å². The van der Waals surface area contributed by atoms with E-state index >= 15 is 8.78 Å². The van der Waals surface area contributed by atoms with Crippen LogP contribution in [0.15, 0.2) is 49.1 Å². The molecule has 2 saturated heterocycles. The third-order valence-corrected chi connectivity index (χ3v) is 7.74. The van der Waals surface area contributed by atoms with Crippen LogP contribution in [0.3, 0.4) is 0 Å². The summed E-state index contributed by atoms with van der Waals surface area (Å²) in [6.45, 7) is 11.4. The lowest BCUT2D eigenvalue weighted by Gasteiger charge is -2.44. The zero-order valence-electron chi connectivity index (χ0n) is 19.5. The second kappa shape index (κ2) is 8.30. The number of benzene rings is 2. The number of hydrogen-bond donors (Lipinski definition) is 1. The van der Waals surface area contributed by atoms with Crippen LogP contribution >= 0.6 is 23.2 Å². The zero-order chi connectivity index (χ0) is 25.2. The van der Waals surface area contributed by atoms with E-state index in [4.69, 9.17) is 33.7 Å². The third-order valence-electron chi connectivity index (χ3n) is 7.22. The van der Waals surface area contributed by atoms with Crippen LogP contribution in [0.4, 0.5) is 8.78 Å². The maximum atomic E-state index is 15.5. The Labute approximate surface area is 208 Å². The monoisotopic (exact) mass is 508 g/mol. The lowest BCUT2D eigenvalue weighted by atomic mass is 9.68. The third kappa shape index (κ3) is 3.76. The Bertz CT molecular complexity index is 1170. The largest absolute Gasteiger partial charge is 0.443 e. The molecule has 0 bridgehead atoms. The SMILES string of the molecule is C=CC(C)(C)C[C@@H]1N2[C@@H](C(=O)OC2(C)C)[C@H](c2cccc(Cl)c2F)[C@@]1(N)c1ccc(Cl)cc1F. The van der Waals surface area contributed by atoms with Crippen molar-refractivity contribution >= 4 is 29.2 Å². The molecule has 2 aromatic carbocycles. The summed E-state index contributed by atoms with van der Waals surface area (Å²) >= 11 is 12.2. The highest BCUT2D eigenvalue weighted by atomic mass is 35.5. The highest BCUT2D eigenvalue weighted by Crippen LogP contribution is 2.58. The summed E-state index contributed by atoms with van der Waals surface area (Å²) in [6, 6.07) is 7.22. The Morgan fingerprint density at radius 1 is 1.24 bits per heavy atom. The van der Waals surface area contributed by atoms with Crippen LogP contribution in [0.5, 0.6) is 0 Å². The summed E-state index contributed by atoms with van der Waals surface area (Å²) in [5.74, 6) is -2.85. The summed E-state index contributed by atoms with van der Waals surface area (Å²) < 4.78 is 36.8. The van der Waals surface area contributed by atoms with Gasteiger partial charge in [-0.2, -0.15) is 0 Å². The Kier molecular flexibility index (Phi) is 6.13. The quantitative estimate of drug-likeness (QED) is 0.388. The van der Waals surface area contributed by atoms with Crippen molar-refractivity contribution in [3.63, 3.8) is 0 Å². The van der Waals surface area contributed by atoms with E-state index in [0.717, 1.165) is 0 Å². The summed E-state index contributed by atoms with van der Waals surface area (Å²) in [5.41, 5.74) is 4.49. The van der Waals surface area contributed by atoms with Crippen molar-refractivity contribution in [2.75, 3.05) is 0 Å². The van der Waals surface area contributed by atoms with E-state index in [-0.39, 0.29) is 21.2 Å². The summed E-state index contributed by atoms with van der Waals surface area (Å²) in [7, 11) is 0. The van der Waals surface area contributed by atoms with Gasteiger partial charge in [-0.3, -0.25) is 4.79 Å². The van der Waals surface area contributed by atoms with E-state index in [2.05, 4.69) is 6.58 Å². The molecule has 0 unspecified atom stereocenters. The van der Waals surface area contributed by atoms with E-state index in [1.807, 2.05) is 18.7 Å². The minimum atomic E-state index is -1.53. The maximum absolute atomic E-state index is 15.5. The van der Waals surface area contributed by atoms with Crippen molar-refractivity contribution in [2.45, 2.75) is 63.4 Å². The lowest BCUT2D eigenvalue weighted by molar-refractivity contribution is -0.152. The Balaban J connectivity index is 2.07. The summed E-state index contributed by atoms with van der Waals surface area (Å²) in [4.78, 5) is 15.1.